The van der Waals surface area contributed by atoms with Crippen LogP contribution in [0.2, 0.25) is 5.15 Å². The molecular formula is C15H22ClFN2. The van der Waals surface area contributed by atoms with Gasteiger partial charge in [-0.15, -0.1) is 0 Å². The Bertz CT molecular complexity index is 437. The van der Waals surface area contributed by atoms with Gasteiger partial charge in [0.1, 0.15) is 5.82 Å². The van der Waals surface area contributed by atoms with Crippen molar-refractivity contribution in [3.8, 4) is 0 Å². The molecular weight excluding hydrogens is 263 g/mol. The Hall–Kier alpha value is -0.700. The maximum atomic E-state index is 13.4. The number of hydrogen-bond acceptors (Lipinski definition) is 2. The Balaban J connectivity index is 2.10. The molecule has 0 spiro atoms. The zero-order valence-corrected chi connectivity index (χ0v) is 12.9. The number of halogens is 2. The van der Waals surface area contributed by atoms with Crippen LogP contribution in [0.25, 0.3) is 0 Å². The van der Waals surface area contributed by atoms with Crippen molar-refractivity contribution in [3.63, 3.8) is 0 Å². The van der Waals surface area contributed by atoms with Gasteiger partial charge >= 0.3 is 0 Å². The molecule has 0 N–H and O–H groups in total. The van der Waals surface area contributed by atoms with E-state index < -0.39 is 5.82 Å². The molecule has 4 heteroatoms. The van der Waals surface area contributed by atoms with Crippen molar-refractivity contribution in [1.29, 1.82) is 0 Å². The van der Waals surface area contributed by atoms with Crippen molar-refractivity contribution >= 4 is 11.6 Å². The average molecular weight is 285 g/mol. The largest absolute Gasteiger partial charge is 0.235 e. The third kappa shape index (κ3) is 3.25. The van der Waals surface area contributed by atoms with Crippen molar-refractivity contribution in [3.05, 3.63) is 22.5 Å². The van der Waals surface area contributed by atoms with Crippen molar-refractivity contribution < 1.29 is 4.39 Å². The first kappa shape index (κ1) is 14.7. The number of nitrogens with zero attached hydrogens (tertiary/aromatic N) is 2. The molecule has 1 saturated carbocycles. The van der Waals surface area contributed by atoms with E-state index in [0.29, 0.717) is 17.0 Å². The van der Waals surface area contributed by atoms with Crippen LogP contribution in [0.1, 0.15) is 63.9 Å². The normalized spacial score (nSPS) is 24.5. The summed E-state index contributed by atoms with van der Waals surface area (Å²) in [6.45, 7) is 8.54. The van der Waals surface area contributed by atoms with Gasteiger partial charge in [0.2, 0.25) is 0 Å². The lowest BCUT2D eigenvalue weighted by atomic mass is 9.69. The maximum Gasteiger partial charge on any atom is 0.181 e. The van der Waals surface area contributed by atoms with E-state index in [-0.39, 0.29) is 5.15 Å². The number of aryl methyl sites for hydroxylation is 1. The minimum Gasteiger partial charge on any atom is -0.235 e. The predicted molar refractivity (Wildman–Crippen MR) is 75.9 cm³/mol. The third-order valence-electron chi connectivity index (χ3n) is 4.31. The molecule has 1 aromatic heterocycles. The predicted octanol–water partition coefficient (Wildman–Crippen LogP) is 4.90. The Labute approximate surface area is 119 Å². The molecule has 1 aromatic rings. The minimum absolute atomic E-state index is 0.0413. The van der Waals surface area contributed by atoms with E-state index in [1.165, 1.54) is 12.8 Å². The SMILES string of the molecule is Cc1nc(C2CCC(C(C)(C)C)CC2)nc(Cl)c1F. The topological polar surface area (TPSA) is 25.8 Å². The van der Waals surface area contributed by atoms with Crippen LogP contribution in [0.5, 0.6) is 0 Å². The second-order valence-corrected chi connectivity index (χ2v) is 7.04. The molecule has 0 aromatic carbocycles. The summed E-state index contributed by atoms with van der Waals surface area (Å²) in [6.07, 6.45) is 4.52. The maximum absolute atomic E-state index is 13.4. The van der Waals surface area contributed by atoms with E-state index in [1.54, 1.807) is 6.92 Å². The monoisotopic (exact) mass is 284 g/mol. The fourth-order valence-corrected chi connectivity index (χ4v) is 3.17. The van der Waals surface area contributed by atoms with Gasteiger partial charge in [-0.3, -0.25) is 0 Å². The highest BCUT2D eigenvalue weighted by molar-refractivity contribution is 6.29. The van der Waals surface area contributed by atoms with Crippen molar-refractivity contribution in [2.24, 2.45) is 11.3 Å². The fraction of sp³-hybridized carbons (Fsp3) is 0.733. The molecule has 0 saturated heterocycles. The zero-order valence-electron chi connectivity index (χ0n) is 12.1. The van der Waals surface area contributed by atoms with Gasteiger partial charge < -0.3 is 0 Å². The lowest BCUT2D eigenvalue weighted by Crippen LogP contribution is -2.26. The Morgan fingerprint density at radius 3 is 2.16 bits per heavy atom. The fourth-order valence-electron chi connectivity index (χ4n) is 2.95. The number of hydrogen-bond donors (Lipinski definition) is 0. The summed E-state index contributed by atoms with van der Waals surface area (Å²) in [5, 5.41) is -0.0413. The Kier molecular flexibility index (Phi) is 4.14. The Morgan fingerprint density at radius 2 is 1.68 bits per heavy atom. The van der Waals surface area contributed by atoms with Crippen LogP contribution in [-0.2, 0) is 0 Å². The van der Waals surface area contributed by atoms with E-state index in [4.69, 9.17) is 11.6 Å². The first-order chi connectivity index (χ1) is 8.79. The second kappa shape index (κ2) is 5.35. The molecule has 0 amide bonds. The molecule has 1 fully saturated rings. The first-order valence-electron chi connectivity index (χ1n) is 6.98. The lowest BCUT2D eigenvalue weighted by Gasteiger charge is -2.36. The molecule has 1 aliphatic rings. The first-order valence-corrected chi connectivity index (χ1v) is 7.36. The van der Waals surface area contributed by atoms with E-state index >= 15 is 0 Å². The molecule has 0 radical (unpaired) electrons. The van der Waals surface area contributed by atoms with Gasteiger partial charge in [-0.05, 0) is 43.9 Å². The molecule has 0 atom stereocenters. The third-order valence-corrected chi connectivity index (χ3v) is 4.56. The molecule has 2 nitrogen and oxygen atoms in total. The van der Waals surface area contributed by atoms with Gasteiger partial charge in [0, 0.05) is 5.92 Å². The molecule has 1 heterocycles. The van der Waals surface area contributed by atoms with Crippen LogP contribution in [0.3, 0.4) is 0 Å². The average Bonchev–Trinajstić information content (AvgIpc) is 2.34. The number of aromatic nitrogens is 2. The molecule has 19 heavy (non-hydrogen) atoms. The number of rotatable bonds is 1. The standard InChI is InChI=1S/C15H22ClFN2/c1-9-12(17)13(16)19-14(18-9)10-5-7-11(8-6-10)15(2,3)4/h10-11H,5-8H2,1-4H3. The van der Waals surface area contributed by atoms with Crippen molar-refractivity contribution in [2.45, 2.75) is 59.3 Å². The van der Waals surface area contributed by atoms with E-state index in [9.17, 15) is 4.39 Å². The van der Waals surface area contributed by atoms with Gasteiger partial charge in [0.25, 0.3) is 0 Å². The lowest BCUT2D eigenvalue weighted by molar-refractivity contribution is 0.167. The highest BCUT2D eigenvalue weighted by atomic mass is 35.5. The molecule has 0 unspecified atom stereocenters. The summed E-state index contributed by atoms with van der Waals surface area (Å²) < 4.78 is 13.4. The van der Waals surface area contributed by atoms with Crippen LogP contribution in [0.15, 0.2) is 0 Å². The minimum atomic E-state index is -0.492. The van der Waals surface area contributed by atoms with Gasteiger partial charge in [-0.25, -0.2) is 14.4 Å². The van der Waals surface area contributed by atoms with E-state index in [2.05, 4.69) is 30.7 Å². The van der Waals surface area contributed by atoms with Crippen molar-refractivity contribution in [1.82, 2.24) is 9.97 Å². The van der Waals surface area contributed by atoms with E-state index in [0.717, 1.165) is 24.6 Å². The molecule has 0 aliphatic heterocycles. The molecule has 0 bridgehead atoms. The Morgan fingerprint density at radius 1 is 1.11 bits per heavy atom. The summed E-state index contributed by atoms with van der Waals surface area (Å²) in [7, 11) is 0. The van der Waals surface area contributed by atoms with Gasteiger partial charge in [-0.1, -0.05) is 32.4 Å². The van der Waals surface area contributed by atoms with Crippen LogP contribution >= 0.6 is 11.6 Å². The molecule has 106 valence electrons. The summed E-state index contributed by atoms with van der Waals surface area (Å²) in [5.74, 6) is 1.31. The second-order valence-electron chi connectivity index (χ2n) is 6.69. The van der Waals surface area contributed by atoms with Crippen molar-refractivity contribution in [2.75, 3.05) is 0 Å². The molecule has 1 aliphatic carbocycles. The molecule has 2 rings (SSSR count). The van der Waals surface area contributed by atoms with Crippen LogP contribution < -0.4 is 0 Å². The highest BCUT2D eigenvalue weighted by Crippen LogP contribution is 2.42. The summed E-state index contributed by atoms with van der Waals surface area (Å²) in [5.41, 5.74) is 0.718. The summed E-state index contributed by atoms with van der Waals surface area (Å²) in [4.78, 5) is 8.40. The summed E-state index contributed by atoms with van der Waals surface area (Å²) in [6, 6.07) is 0. The van der Waals surface area contributed by atoms with Gasteiger partial charge in [0.05, 0.1) is 5.69 Å². The summed E-state index contributed by atoms with van der Waals surface area (Å²) >= 11 is 5.81. The van der Waals surface area contributed by atoms with Crippen LogP contribution in [0, 0.1) is 24.1 Å². The van der Waals surface area contributed by atoms with Gasteiger partial charge in [-0.2, -0.15) is 0 Å². The van der Waals surface area contributed by atoms with Crippen LogP contribution in [0.4, 0.5) is 4.39 Å². The highest BCUT2D eigenvalue weighted by Gasteiger charge is 2.31. The zero-order chi connectivity index (χ0) is 14.2. The van der Waals surface area contributed by atoms with E-state index in [1.807, 2.05) is 0 Å². The van der Waals surface area contributed by atoms with Crippen LogP contribution in [-0.4, -0.2) is 9.97 Å². The van der Waals surface area contributed by atoms with Gasteiger partial charge in [0.15, 0.2) is 11.0 Å². The quantitative estimate of drug-likeness (QED) is 0.686. The smallest absolute Gasteiger partial charge is 0.181 e.